The Bertz CT molecular complexity index is 816. The average molecular weight is 332 g/mol. The standard InChI is InChI=1S/C21H20N2O2/c1-21(2,3)18-14-17(20(24)25-18)22-23-19(15-10-6-4-7-11-15)16-12-8-5-9-13-16/h4-14H,1-3H3. The minimum absolute atomic E-state index is 0.217. The number of allylic oxidation sites excluding steroid dienone is 1. The Labute approximate surface area is 147 Å². The Morgan fingerprint density at radius 2 is 1.40 bits per heavy atom. The van der Waals surface area contributed by atoms with Crippen LogP contribution in [0.15, 0.2) is 82.7 Å². The number of benzene rings is 2. The summed E-state index contributed by atoms with van der Waals surface area (Å²) in [5.41, 5.74) is 2.54. The van der Waals surface area contributed by atoms with Gasteiger partial charge in [-0.15, -0.1) is 10.2 Å². The van der Waals surface area contributed by atoms with Gasteiger partial charge in [-0.1, -0.05) is 81.4 Å². The Morgan fingerprint density at radius 3 is 1.84 bits per heavy atom. The Kier molecular flexibility index (Phi) is 4.61. The predicted molar refractivity (Wildman–Crippen MR) is 99.6 cm³/mol. The van der Waals surface area contributed by atoms with Crippen molar-refractivity contribution in [2.75, 3.05) is 0 Å². The van der Waals surface area contributed by atoms with Gasteiger partial charge in [-0.3, -0.25) is 0 Å². The molecule has 0 radical (unpaired) electrons. The lowest BCUT2D eigenvalue weighted by molar-refractivity contribution is -0.131. The molecule has 0 aromatic heterocycles. The molecule has 4 heteroatoms. The third-order valence-electron chi connectivity index (χ3n) is 3.77. The number of hydrogen-bond acceptors (Lipinski definition) is 4. The van der Waals surface area contributed by atoms with Crippen LogP contribution in [0.1, 0.15) is 31.9 Å². The van der Waals surface area contributed by atoms with Gasteiger partial charge in [-0.05, 0) is 0 Å². The second kappa shape index (κ2) is 6.85. The van der Waals surface area contributed by atoms with E-state index in [-0.39, 0.29) is 11.1 Å². The van der Waals surface area contributed by atoms with Crippen molar-refractivity contribution in [3.63, 3.8) is 0 Å². The van der Waals surface area contributed by atoms with Crippen molar-refractivity contribution in [1.82, 2.24) is 0 Å². The van der Waals surface area contributed by atoms with Crippen molar-refractivity contribution in [3.8, 4) is 0 Å². The molecule has 0 aliphatic carbocycles. The summed E-state index contributed by atoms with van der Waals surface area (Å²) in [6.07, 6.45) is 1.67. The zero-order chi connectivity index (χ0) is 17.9. The molecule has 1 heterocycles. The fraction of sp³-hybridized carbons (Fsp3) is 0.190. The summed E-state index contributed by atoms with van der Waals surface area (Å²) < 4.78 is 5.30. The number of carbonyl (C=O) groups excluding carboxylic acids is 1. The molecule has 0 saturated carbocycles. The fourth-order valence-corrected chi connectivity index (χ4v) is 2.38. The van der Waals surface area contributed by atoms with E-state index < -0.39 is 5.97 Å². The lowest BCUT2D eigenvalue weighted by Crippen LogP contribution is -2.12. The molecule has 0 saturated heterocycles. The molecule has 0 fully saturated rings. The van der Waals surface area contributed by atoms with E-state index in [0.717, 1.165) is 11.1 Å². The molecular weight excluding hydrogens is 312 g/mol. The highest BCUT2D eigenvalue weighted by Crippen LogP contribution is 2.29. The van der Waals surface area contributed by atoms with Crippen LogP contribution >= 0.6 is 0 Å². The molecule has 0 atom stereocenters. The van der Waals surface area contributed by atoms with Crippen LogP contribution in [0.25, 0.3) is 0 Å². The Hall–Kier alpha value is -3.01. The van der Waals surface area contributed by atoms with Crippen LogP contribution in [0.4, 0.5) is 0 Å². The van der Waals surface area contributed by atoms with Crippen LogP contribution in [0.5, 0.6) is 0 Å². The summed E-state index contributed by atoms with van der Waals surface area (Å²) in [6, 6.07) is 19.6. The van der Waals surface area contributed by atoms with Gasteiger partial charge in [0.25, 0.3) is 0 Å². The number of hydrogen-bond donors (Lipinski definition) is 0. The maximum Gasteiger partial charge on any atom is 0.364 e. The first-order chi connectivity index (χ1) is 11.9. The smallest absolute Gasteiger partial charge is 0.364 e. The van der Waals surface area contributed by atoms with E-state index in [4.69, 9.17) is 4.74 Å². The average Bonchev–Trinajstić information content (AvgIpc) is 2.98. The molecule has 3 rings (SSSR count). The Morgan fingerprint density at radius 1 is 0.880 bits per heavy atom. The summed E-state index contributed by atoms with van der Waals surface area (Å²) in [7, 11) is 0. The largest absolute Gasteiger partial charge is 0.426 e. The lowest BCUT2D eigenvalue weighted by atomic mass is 9.94. The van der Waals surface area contributed by atoms with Gasteiger partial charge in [0.05, 0.1) is 0 Å². The van der Waals surface area contributed by atoms with E-state index in [2.05, 4.69) is 10.2 Å². The highest BCUT2D eigenvalue weighted by molar-refractivity contribution is 6.43. The Balaban J connectivity index is 2.03. The summed E-state index contributed by atoms with van der Waals surface area (Å²) in [5, 5.41) is 8.55. The molecule has 0 spiro atoms. The third kappa shape index (κ3) is 3.91. The number of esters is 1. The van der Waals surface area contributed by atoms with Crippen LogP contribution in [0.3, 0.4) is 0 Å². The molecule has 0 bridgehead atoms. The van der Waals surface area contributed by atoms with E-state index >= 15 is 0 Å². The highest BCUT2D eigenvalue weighted by Gasteiger charge is 2.30. The molecule has 126 valence electrons. The summed E-state index contributed by atoms with van der Waals surface area (Å²) in [6.45, 7) is 5.95. The van der Waals surface area contributed by atoms with Crippen LogP contribution in [-0.4, -0.2) is 17.4 Å². The van der Waals surface area contributed by atoms with Gasteiger partial charge < -0.3 is 4.74 Å². The normalized spacial score (nSPS) is 15.7. The fourth-order valence-electron chi connectivity index (χ4n) is 2.38. The maximum atomic E-state index is 12.0. The number of rotatable bonds is 3. The summed E-state index contributed by atoms with van der Waals surface area (Å²) >= 11 is 0. The van der Waals surface area contributed by atoms with Gasteiger partial charge in [0, 0.05) is 22.6 Å². The van der Waals surface area contributed by atoms with Crippen LogP contribution < -0.4 is 0 Å². The van der Waals surface area contributed by atoms with Gasteiger partial charge in [-0.2, -0.15) is 0 Å². The lowest BCUT2D eigenvalue weighted by Gasteiger charge is -2.17. The van der Waals surface area contributed by atoms with Gasteiger partial charge >= 0.3 is 5.97 Å². The maximum absolute atomic E-state index is 12.0. The summed E-state index contributed by atoms with van der Waals surface area (Å²) in [5.74, 6) is 0.140. The SMILES string of the molecule is CC(C)(C)C1=CC(=NN=C(c2ccccc2)c2ccccc2)C(=O)O1. The first kappa shape index (κ1) is 16.8. The molecule has 1 aliphatic heterocycles. The second-order valence-corrected chi connectivity index (χ2v) is 6.81. The molecule has 25 heavy (non-hydrogen) atoms. The quantitative estimate of drug-likeness (QED) is 0.476. The molecule has 0 amide bonds. The van der Waals surface area contributed by atoms with Gasteiger partial charge in [0.1, 0.15) is 11.5 Å². The second-order valence-electron chi connectivity index (χ2n) is 6.81. The van der Waals surface area contributed by atoms with Crippen molar-refractivity contribution in [2.24, 2.45) is 15.6 Å². The molecule has 4 nitrogen and oxygen atoms in total. The number of cyclic esters (lactones) is 1. The zero-order valence-corrected chi connectivity index (χ0v) is 14.6. The zero-order valence-electron chi connectivity index (χ0n) is 14.6. The first-order valence-electron chi connectivity index (χ1n) is 8.16. The van der Waals surface area contributed by atoms with E-state index in [0.29, 0.717) is 11.5 Å². The van der Waals surface area contributed by atoms with E-state index in [1.54, 1.807) is 6.08 Å². The first-order valence-corrected chi connectivity index (χ1v) is 8.16. The van der Waals surface area contributed by atoms with Crippen molar-refractivity contribution < 1.29 is 9.53 Å². The molecule has 0 N–H and O–H groups in total. The number of ether oxygens (including phenoxy) is 1. The van der Waals surface area contributed by atoms with E-state index in [9.17, 15) is 4.79 Å². The molecule has 2 aromatic rings. The molecule has 2 aromatic carbocycles. The van der Waals surface area contributed by atoms with Crippen LogP contribution in [0, 0.1) is 5.41 Å². The van der Waals surface area contributed by atoms with E-state index in [1.807, 2.05) is 81.4 Å². The minimum atomic E-state index is -0.464. The van der Waals surface area contributed by atoms with Gasteiger partial charge in [-0.25, -0.2) is 4.79 Å². The third-order valence-corrected chi connectivity index (χ3v) is 3.77. The highest BCUT2D eigenvalue weighted by atomic mass is 16.5. The minimum Gasteiger partial charge on any atom is -0.426 e. The summed E-state index contributed by atoms with van der Waals surface area (Å²) in [4.78, 5) is 12.0. The van der Waals surface area contributed by atoms with E-state index in [1.165, 1.54) is 0 Å². The van der Waals surface area contributed by atoms with Gasteiger partial charge in [0.15, 0.2) is 5.71 Å². The van der Waals surface area contributed by atoms with Crippen molar-refractivity contribution in [3.05, 3.63) is 83.6 Å². The number of carbonyl (C=O) groups is 1. The van der Waals surface area contributed by atoms with Crippen molar-refractivity contribution >= 4 is 17.4 Å². The van der Waals surface area contributed by atoms with Crippen LogP contribution in [-0.2, 0) is 9.53 Å². The molecule has 1 aliphatic rings. The molecule has 0 unspecified atom stereocenters. The topological polar surface area (TPSA) is 51.0 Å². The predicted octanol–water partition coefficient (Wildman–Crippen LogP) is 4.37. The monoisotopic (exact) mass is 332 g/mol. The van der Waals surface area contributed by atoms with Crippen molar-refractivity contribution in [1.29, 1.82) is 0 Å². The van der Waals surface area contributed by atoms with Gasteiger partial charge in [0.2, 0.25) is 0 Å². The van der Waals surface area contributed by atoms with Crippen molar-refractivity contribution in [2.45, 2.75) is 20.8 Å². The molecular formula is C21H20N2O2. The van der Waals surface area contributed by atoms with Crippen LogP contribution in [0.2, 0.25) is 0 Å². The number of nitrogens with zero attached hydrogens (tertiary/aromatic N) is 2.